The lowest BCUT2D eigenvalue weighted by molar-refractivity contribution is -0.130. The van der Waals surface area contributed by atoms with Crippen molar-refractivity contribution in [2.75, 3.05) is 12.3 Å². The minimum atomic E-state index is 0.0625. The Labute approximate surface area is 150 Å². The first-order valence-corrected chi connectivity index (χ1v) is 10.7. The second-order valence-electron chi connectivity index (χ2n) is 5.05. The highest BCUT2D eigenvalue weighted by atomic mass is 32.2. The molecule has 0 radical (unpaired) electrons. The Morgan fingerprint density at radius 1 is 1.30 bits per heavy atom. The molecule has 1 aliphatic heterocycles. The highest BCUT2D eigenvalue weighted by molar-refractivity contribution is 8.01. The number of amides is 1. The number of thiophene rings is 2. The molecule has 118 valence electrons. The van der Waals surface area contributed by atoms with E-state index in [0.29, 0.717) is 5.75 Å². The summed E-state index contributed by atoms with van der Waals surface area (Å²) >= 11 is 6.46. The van der Waals surface area contributed by atoms with Gasteiger partial charge in [0.2, 0.25) is 5.91 Å². The molecule has 0 spiro atoms. The van der Waals surface area contributed by atoms with Gasteiger partial charge < -0.3 is 4.90 Å². The van der Waals surface area contributed by atoms with Gasteiger partial charge in [-0.15, -0.1) is 32.9 Å². The minimum Gasteiger partial charge on any atom is -0.330 e. The number of aromatic nitrogens is 2. The molecule has 4 nitrogen and oxygen atoms in total. The van der Waals surface area contributed by atoms with E-state index in [1.165, 1.54) is 38.4 Å². The van der Waals surface area contributed by atoms with Crippen molar-refractivity contribution in [3.8, 4) is 0 Å². The Morgan fingerprint density at radius 3 is 3.04 bits per heavy atom. The van der Waals surface area contributed by atoms with Crippen LogP contribution in [0.2, 0.25) is 0 Å². The third kappa shape index (κ3) is 3.08. The molecule has 1 amide bonds. The third-order valence-electron chi connectivity index (χ3n) is 3.76. The molecule has 3 aromatic heterocycles. The maximum Gasteiger partial charge on any atom is 0.233 e. The smallest absolute Gasteiger partial charge is 0.233 e. The van der Waals surface area contributed by atoms with Gasteiger partial charge in [0.05, 0.1) is 11.8 Å². The van der Waals surface area contributed by atoms with Crippen molar-refractivity contribution in [3.05, 3.63) is 49.8 Å². The first kappa shape index (κ1) is 15.3. The highest BCUT2D eigenvalue weighted by Gasteiger charge is 2.33. The van der Waals surface area contributed by atoms with Crippen LogP contribution >= 0.6 is 45.8 Å². The number of fused-ring (bicyclic) bond motifs is 1. The van der Waals surface area contributed by atoms with Crippen molar-refractivity contribution < 1.29 is 4.79 Å². The van der Waals surface area contributed by atoms with Crippen molar-refractivity contribution in [2.45, 2.75) is 16.8 Å². The van der Waals surface area contributed by atoms with E-state index in [1.807, 2.05) is 4.90 Å². The first-order valence-electron chi connectivity index (χ1n) is 7.11. The molecule has 0 fully saturated rings. The monoisotopic (exact) mass is 379 g/mol. The zero-order chi connectivity index (χ0) is 15.6. The van der Waals surface area contributed by atoms with E-state index in [9.17, 15) is 4.79 Å². The van der Waals surface area contributed by atoms with Gasteiger partial charge in [0, 0.05) is 16.3 Å². The average molecular weight is 380 g/mol. The second-order valence-corrected chi connectivity index (χ2v) is 9.08. The topological polar surface area (TPSA) is 46.1 Å². The van der Waals surface area contributed by atoms with Crippen molar-refractivity contribution in [3.63, 3.8) is 0 Å². The standard InChI is InChI=1S/C15H13N3OS4/c19-13(8-22-15-17-16-9-23-15)18-5-3-11-10(4-7-21-11)14(18)12-2-1-6-20-12/h1-2,4,6-7,9,14H,3,5,8H2. The normalized spacial score (nSPS) is 17.2. The van der Waals surface area contributed by atoms with E-state index in [2.05, 4.69) is 39.2 Å². The Hall–Kier alpha value is -1.22. The largest absolute Gasteiger partial charge is 0.330 e. The number of carbonyl (C=O) groups excluding carboxylic acids is 1. The van der Waals surface area contributed by atoms with Crippen LogP contribution in [0.5, 0.6) is 0 Å². The summed E-state index contributed by atoms with van der Waals surface area (Å²) in [6.45, 7) is 0.783. The quantitative estimate of drug-likeness (QED) is 0.645. The van der Waals surface area contributed by atoms with Crippen LogP contribution in [-0.2, 0) is 11.2 Å². The van der Waals surface area contributed by atoms with E-state index in [1.54, 1.807) is 28.2 Å². The van der Waals surface area contributed by atoms with E-state index in [0.717, 1.165) is 17.3 Å². The third-order valence-corrected chi connectivity index (χ3v) is 7.52. The molecule has 0 saturated carbocycles. The van der Waals surface area contributed by atoms with Crippen LogP contribution in [0.4, 0.5) is 0 Å². The maximum absolute atomic E-state index is 12.8. The van der Waals surface area contributed by atoms with E-state index < -0.39 is 0 Å². The molecule has 0 aliphatic carbocycles. The molecule has 3 aromatic rings. The Bertz CT molecular complexity index is 782. The Kier molecular flexibility index (Phi) is 4.48. The van der Waals surface area contributed by atoms with Crippen molar-refractivity contribution >= 4 is 51.7 Å². The first-order chi connectivity index (χ1) is 11.3. The van der Waals surface area contributed by atoms with Gasteiger partial charge in [-0.1, -0.05) is 29.2 Å². The molecule has 4 heterocycles. The molecule has 0 aromatic carbocycles. The van der Waals surface area contributed by atoms with Gasteiger partial charge >= 0.3 is 0 Å². The van der Waals surface area contributed by atoms with Crippen LogP contribution in [0.15, 0.2) is 38.8 Å². The fourth-order valence-corrected chi connectivity index (χ4v) is 5.90. The lowest BCUT2D eigenvalue weighted by atomic mass is 9.98. The molecule has 1 unspecified atom stereocenters. The van der Waals surface area contributed by atoms with Gasteiger partial charge in [-0.25, -0.2) is 0 Å². The van der Waals surface area contributed by atoms with Crippen LogP contribution in [0, 0.1) is 0 Å². The van der Waals surface area contributed by atoms with Crippen molar-refractivity contribution in [2.24, 2.45) is 0 Å². The predicted molar refractivity (Wildman–Crippen MR) is 96.5 cm³/mol. The molecule has 1 aliphatic rings. The van der Waals surface area contributed by atoms with Crippen molar-refractivity contribution in [1.82, 2.24) is 15.1 Å². The number of rotatable bonds is 4. The summed E-state index contributed by atoms with van der Waals surface area (Å²) < 4.78 is 0.847. The summed E-state index contributed by atoms with van der Waals surface area (Å²) in [7, 11) is 0. The van der Waals surface area contributed by atoms with E-state index in [4.69, 9.17) is 0 Å². The van der Waals surface area contributed by atoms with Gasteiger partial charge in [0.15, 0.2) is 4.34 Å². The SMILES string of the molecule is O=C(CSc1nncs1)N1CCc2sccc2C1c1cccs1. The maximum atomic E-state index is 12.8. The fraction of sp³-hybridized carbons (Fsp3) is 0.267. The predicted octanol–water partition coefficient (Wildman–Crippen LogP) is 3.93. The van der Waals surface area contributed by atoms with Gasteiger partial charge in [0.1, 0.15) is 5.51 Å². The van der Waals surface area contributed by atoms with Crippen molar-refractivity contribution in [1.29, 1.82) is 0 Å². The average Bonchev–Trinajstić information content (AvgIpc) is 3.33. The summed E-state index contributed by atoms with van der Waals surface area (Å²) in [6, 6.07) is 6.41. The molecule has 23 heavy (non-hydrogen) atoms. The number of hydrogen-bond donors (Lipinski definition) is 0. The van der Waals surface area contributed by atoms with Crippen LogP contribution in [0.25, 0.3) is 0 Å². The summed E-state index contributed by atoms with van der Waals surface area (Å²) in [4.78, 5) is 17.5. The summed E-state index contributed by atoms with van der Waals surface area (Å²) in [5.74, 6) is 0.580. The van der Waals surface area contributed by atoms with E-state index >= 15 is 0 Å². The van der Waals surface area contributed by atoms with Gasteiger partial charge in [0.25, 0.3) is 0 Å². The van der Waals surface area contributed by atoms with Gasteiger partial charge in [-0.2, -0.15) is 0 Å². The molecule has 8 heteroatoms. The molecule has 0 bridgehead atoms. The zero-order valence-electron chi connectivity index (χ0n) is 12.0. The Morgan fingerprint density at radius 2 is 2.26 bits per heavy atom. The summed E-state index contributed by atoms with van der Waals surface area (Å²) in [6.07, 6.45) is 0.949. The van der Waals surface area contributed by atoms with Crippen LogP contribution in [-0.4, -0.2) is 33.3 Å². The lowest BCUT2D eigenvalue weighted by Gasteiger charge is -2.35. The summed E-state index contributed by atoms with van der Waals surface area (Å²) in [5, 5.41) is 12.0. The van der Waals surface area contributed by atoms with Crippen LogP contribution in [0.1, 0.15) is 21.4 Å². The van der Waals surface area contributed by atoms with Crippen LogP contribution in [0.3, 0.4) is 0 Å². The zero-order valence-corrected chi connectivity index (χ0v) is 15.3. The van der Waals surface area contributed by atoms with E-state index in [-0.39, 0.29) is 11.9 Å². The minimum absolute atomic E-state index is 0.0625. The molecule has 1 atom stereocenters. The summed E-state index contributed by atoms with van der Waals surface area (Å²) in [5.41, 5.74) is 2.98. The van der Waals surface area contributed by atoms with Gasteiger partial charge in [-0.05, 0) is 34.9 Å². The number of thioether (sulfide) groups is 1. The molecular formula is C15H13N3OS4. The second kappa shape index (κ2) is 6.72. The highest BCUT2D eigenvalue weighted by Crippen LogP contribution is 2.39. The fourth-order valence-electron chi connectivity index (χ4n) is 2.77. The number of hydrogen-bond acceptors (Lipinski definition) is 7. The van der Waals surface area contributed by atoms with Crippen LogP contribution < -0.4 is 0 Å². The Balaban J connectivity index is 1.58. The number of carbonyl (C=O) groups is 1. The molecule has 0 N–H and O–H groups in total. The molecule has 4 rings (SSSR count). The number of nitrogens with zero attached hydrogens (tertiary/aromatic N) is 3. The lowest BCUT2D eigenvalue weighted by Crippen LogP contribution is -2.40. The molecular weight excluding hydrogens is 366 g/mol. The molecule has 0 saturated heterocycles. The van der Waals surface area contributed by atoms with Gasteiger partial charge in [-0.3, -0.25) is 4.79 Å².